The minimum absolute atomic E-state index is 0.183. The molecule has 0 fully saturated rings. The van der Waals surface area contributed by atoms with Gasteiger partial charge in [-0.3, -0.25) is 10.1 Å². The molecule has 0 bridgehead atoms. The first-order chi connectivity index (χ1) is 14.8. The fourth-order valence-electron chi connectivity index (χ4n) is 3.45. The highest BCUT2D eigenvalue weighted by atomic mass is 19.4. The molecule has 0 amide bonds. The van der Waals surface area contributed by atoms with E-state index in [1.807, 2.05) is 0 Å². The summed E-state index contributed by atoms with van der Waals surface area (Å²) in [5.41, 5.74) is -4.65. The van der Waals surface area contributed by atoms with Crippen LogP contribution in [0.15, 0.2) is 54.6 Å². The Morgan fingerprint density at radius 2 is 1.50 bits per heavy atom. The van der Waals surface area contributed by atoms with Gasteiger partial charge in [0.15, 0.2) is 0 Å². The molecular formula is C22H15F6NO3. The van der Waals surface area contributed by atoms with Gasteiger partial charge in [-0.25, -0.2) is 0 Å². The van der Waals surface area contributed by atoms with Gasteiger partial charge >= 0.3 is 12.4 Å². The van der Waals surface area contributed by atoms with E-state index in [0.717, 1.165) is 20.1 Å². The average molecular weight is 455 g/mol. The van der Waals surface area contributed by atoms with Gasteiger partial charge in [0.05, 0.1) is 28.7 Å². The SMILES string of the molecule is COc1cc(-c2cc(C(F)(F)F)c(C)c([N+](=O)[O-])c2-c2ccccc2)cc(C(F)(F)F)c1. The Morgan fingerprint density at radius 1 is 0.875 bits per heavy atom. The minimum atomic E-state index is -4.97. The summed E-state index contributed by atoms with van der Waals surface area (Å²) in [5.74, 6) is -0.259. The third-order valence-corrected chi connectivity index (χ3v) is 4.89. The van der Waals surface area contributed by atoms with Gasteiger partial charge in [-0.2, -0.15) is 26.3 Å². The molecule has 0 aromatic heterocycles. The standard InChI is InChI=1S/C22H15F6NO3/c1-12-18(22(26,27)28)11-17(14-8-15(21(23,24)25)10-16(9-14)32-2)19(20(12)29(30)31)13-6-4-3-5-7-13/h3-11H,1-2H3. The van der Waals surface area contributed by atoms with E-state index in [-0.39, 0.29) is 28.0 Å². The topological polar surface area (TPSA) is 52.4 Å². The molecular weight excluding hydrogens is 440 g/mol. The van der Waals surface area contributed by atoms with E-state index in [4.69, 9.17) is 4.74 Å². The van der Waals surface area contributed by atoms with Gasteiger partial charge < -0.3 is 4.74 Å². The number of alkyl halides is 6. The van der Waals surface area contributed by atoms with Crippen molar-refractivity contribution in [2.24, 2.45) is 0 Å². The van der Waals surface area contributed by atoms with E-state index >= 15 is 0 Å². The largest absolute Gasteiger partial charge is 0.497 e. The fourth-order valence-corrected chi connectivity index (χ4v) is 3.45. The summed E-state index contributed by atoms with van der Waals surface area (Å²) in [5, 5.41) is 11.9. The van der Waals surface area contributed by atoms with Crippen LogP contribution < -0.4 is 4.74 Å². The molecule has 3 rings (SSSR count). The van der Waals surface area contributed by atoms with E-state index in [0.29, 0.717) is 18.2 Å². The molecule has 0 unspecified atom stereocenters. The Morgan fingerprint density at radius 3 is 2.00 bits per heavy atom. The zero-order valence-corrected chi connectivity index (χ0v) is 16.6. The lowest BCUT2D eigenvalue weighted by Crippen LogP contribution is -2.11. The first kappa shape index (κ1) is 23.1. The average Bonchev–Trinajstić information content (AvgIpc) is 2.71. The molecule has 0 heterocycles. The Bertz CT molecular complexity index is 1170. The summed E-state index contributed by atoms with van der Waals surface area (Å²) < 4.78 is 86.3. The van der Waals surface area contributed by atoms with Crippen molar-refractivity contribution in [3.63, 3.8) is 0 Å². The predicted molar refractivity (Wildman–Crippen MR) is 105 cm³/mol. The number of hydrogen-bond donors (Lipinski definition) is 0. The fraction of sp³-hybridized carbons (Fsp3) is 0.182. The molecule has 0 aliphatic heterocycles. The van der Waals surface area contributed by atoms with Crippen molar-refractivity contribution in [2.45, 2.75) is 19.3 Å². The zero-order chi connectivity index (χ0) is 23.8. The monoisotopic (exact) mass is 455 g/mol. The van der Waals surface area contributed by atoms with Crippen LogP contribution in [0.4, 0.5) is 32.0 Å². The molecule has 0 aliphatic rings. The summed E-state index contributed by atoms with van der Waals surface area (Å²) in [6.07, 6.45) is -9.79. The van der Waals surface area contributed by atoms with Crippen molar-refractivity contribution in [3.8, 4) is 28.0 Å². The van der Waals surface area contributed by atoms with Crippen molar-refractivity contribution in [1.29, 1.82) is 0 Å². The van der Waals surface area contributed by atoms with E-state index in [2.05, 4.69) is 0 Å². The molecule has 0 atom stereocenters. The Hall–Kier alpha value is -3.56. The van der Waals surface area contributed by atoms with Crippen LogP contribution in [0, 0.1) is 17.0 Å². The lowest BCUT2D eigenvalue weighted by atomic mass is 9.87. The number of nitrogens with zero attached hydrogens (tertiary/aromatic N) is 1. The number of benzene rings is 3. The predicted octanol–water partition coefficient (Wildman–Crippen LogP) is 7.28. The first-order valence-corrected chi connectivity index (χ1v) is 9.06. The normalized spacial score (nSPS) is 12.0. The number of methoxy groups -OCH3 is 1. The second-order valence-corrected chi connectivity index (χ2v) is 6.89. The summed E-state index contributed by atoms with van der Waals surface area (Å²) in [7, 11) is 1.11. The molecule has 0 radical (unpaired) electrons. The second-order valence-electron chi connectivity index (χ2n) is 6.89. The maximum absolute atomic E-state index is 13.7. The minimum Gasteiger partial charge on any atom is -0.497 e. The highest BCUT2D eigenvalue weighted by Crippen LogP contribution is 2.47. The van der Waals surface area contributed by atoms with E-state index in [9.17, 15) is 36.5 Å². The highest BCUT2D eigenvalue weighted by molar-refractivity contribution is 5.92. The number of nitro benzene ring substituents is 1. The van der Waals surface area contributed by atoms with Gasteiger partial charge in [-0.15, -0.1) is 0 Å². The third kappa shape index (κ3) is 4.39. The van der Waals surface area contributed by atoms with Crippen LogP contribution in [0.25, 0.3) is 22.3 Å². The quantitative estimate of drug-likeness (QED) is 0.236. The molecule has 0 saturated carbocycles. The van der Waals surface area contributed by atoms with Crippen LogP contribution in [-0.4, -0.2) is 12.0 Å². The van der Waals surface area contributed by atoms with Crippen molar-refractivity contribution in [1.82, 2.24) is 0 Å². The van der Waals surface area contributed by atoms with Crippen molar-refractivity contribution in [2.75, 3.05) is 7.11 Å². The Labute approximate surface area is 178 Å². The molecule has 168 valence electrons. The van der Waals surface area contributed by atoms with Gasteiger partial charge in [0.25, 0.3) is 5.69 Å². The second kappa shape index (κ2) is 8.18. The molecule has 0 aliphatic carbocycles. The molecule has 0 N–H and O–H groups in total. The zero-order valence-electron chi connectivity index (χ0n) is 16.6. The smallest absolute Gasteiger partial charge is 0.416 e. The molecule has 3 aromatic carbocycles. The molecule has 32 heavy (non-hydrogen) atoms. The first-order valence-electron chi connectivity index (χ1n) is 9.06. The van der Waals surface area contributed by atoms with Crippen LogP contribution >= 0.6 is 0 Å². The summed E-state index contributed by atoms with van der Waals surface area (Å²) >= 11 is 0. The Balaban J connectivity index is 2.52. The summed E-state index contributed by atoms with van der Waals surface area (Å²) in [4.78, 5) is 10.9. The van der Waals surface area contributed by atoms with Crippen LogP contribution in [-0.2, 0) is 12.4 Å². The molecule has 0 spiro atoms. The van der Waals surface area contributed by atoms with Gasteiger partial charge in [0.2, 0.25) is 0 Å². The van der Waals surface area contributed by atoms with E-state index in [1.54, 1.807) is 6.07 Å². The van der Waals surface area contributed by atoms with Gasteiger partial charge in [-0.1, -0.05) is 30.3 Å². The number of hydrogen-bond acceptors (Lipinski definition) is 3. The molecule has 3 aromatic rings. The van der Waals surface area contributed by atoms with Gasteiger partial charge in [-0.05, 0) is 47.9 Å². The molecule has 0 saturated heterocycles. The lowest BCUT2D eigenvalue weighted by molar-refractivity contribution is -0.384. The maximum Gasteiger partial charge on any atom is 0.416 e. The molecule has 10 heteroatoms. The maximum atomic E-state index is 13.7. The van der Waals surface area contributed by atoms with Crippen LogP contribution in [0.5, 0.6) is 5.75 Å². The van der Waals surface area contributed by atoms with Crippen molar-refractivity contribution < 1.29 is 36.0 Å². The van der Waals surface area contributed by atoms with Crippen LogP contribution in [0.2, 0.25) is 0 Å². The number of ether oxygens (including phenoxy) is 1. The van der Waals surface area contributed by atoms with E-state index in [1.165, 1.54) is 24.3 Å². The Kier molecular flexibility index (Phi) is 5.90. The van der Waals surface area contributed by atoms with Crippen LogP contribution in [0.1, 0.15) is 16.7 Å². The highest BCUT2D eigenvalue weighted by Gasteiger charge is 2.39. The lowest BCUT2D eigenvalue weighted by Gasteiger charge is -2.19. The van der Waals surface area contributed by atoms with Crippen molar-refractivity contribution >= 4 is 5.69 Å². The summed E-state index contributed by atoms with van der Waals surface area (Å²) in [6, 6.07) is 10.6. The van der Waals surface area contributed by atoms with Gasteiger partial charge in [0, 0.05) is 5.56 Å². The number of nitro groups is 1. The van der Waals surface area contributed by atoms with Crippen molar-refractivity contribution in [3.05, 3.63) is 81.4 Å². The van der Waals surface area contributed by atoms with Gasteiger partial charge in [0.1, 0.15) is 5.75 Å². The number of rotatable bonds is 4. The van der Waals surface area contributed by atoms with E-state index < -0.39 is 39.7 Å². The number of halogens is 6. The molecule has 4 nitrogen and oxygen atoms in total. The third-order valence-electron chi connectivity index (χ3n) is 4.89. The summed E-state index contributed by atoms with van der Waals surface area (Å²) in [6.45, 7) is 0.962. The van der Waals surface area contributed by atoms with Crippen LogP contribution in [0.3, 0.4) is 0 Å².